The molecule has 0 aliphatic rings. The minimum atomic E-state index is -0.962. The molecule has 1 aromatic heterocycles. The molecule has 0 aliphatic heterocycles. The molecule has 0 fully saturated rings. The topological polar surface area (TPSA) is 93.3 Å². The van der Waals surface area contributed by atoms with Crippen molar-refractivity contribution >= 4 is 17.6 Å². The van der Waals surface area contributed by atoms with Gasteiger partial charge in [-0.05, 0) is 43.3 Å². The number of nitrogens with one attached hydrogen (secondary N) is 2. The molecule has 3 rings (SSSR count). The minimum absolute atomic E-state index is 0.250. The normalized spacial score (nSPS) is 11.5. The van der Waals surface area contributed by atoms with Crippen LogP contribution in [-0.2, 0) is 9.53 Å². The Morgan fingerprint density at radius 2 is 1.78 bits per heavy atom. The van der Waals surface area contributed by atoms with Crippen LogP contribution in [0.4, 0.5) is 5.69 Å². The molecule has 27 heavy (non-hydrogen) atoms. The van der Waals surface area contributed by atoms with Crippen molar-refractivity contribution in [2.75, 3.05) is 12.4 Å². The van der Waals surface area contributed by atoms with Gasteiger partial charge >= 0.3 is 5.97 Å². The first-order valence-corrected chi connectivity index (χ1v) is 8.33. The van der Waals surface area contributed by atoms with Crippen LogP contribution in [-0.4, -0.2) is 35.3 Å². The summed E-state index contributed by atoms with van der Waals surface area (Å²) in [7, 11) is 1.58. The largest absolute Gasteiger partial charge is 0.497 e. The molecule has 7 nitrogen and oxygen atoms in total. The maximum Gasteiger partial charge on any atom is 0.342 e. The third-order valence-corrected chi connectivity index (χ3v) is 3.93. The number of aromatic amines is 1. The molecule has 3 aromatic rings. The standard InChI is InChI=1S/C20H19N3O4/c1-13(19(24)22-15-6-4-3-5-7-15)27-20(25)17-12-21-23-18(17)14-8-10-16(26-2)11-9-14/h3-13H,1-2H3,(H,21,23)(H,22,24)/t13-/m1/s1. The maximum absolute atomic E-state index is 12.5. The SMILES string of the molecule is COc1ccc(-c2[nH]ncc2C(=O)O[C@H](C)C(=O)Nc2ccccc2)cc1. The van der Waals surface area contributed by atoms with Crippen LogP contribution in [0.1, 0.15) is 17.3 Å². The van der Waals surface area contributed by atoms with Crippen LogP contribution < -0.4 is 10.1 Å². The molecule has 0 spiro atoms. The molecule has 0 saturated carbocycles. The van der Waals surface area contributed by atoms with Gasteiger partial charge in [0.1, 0.15) is 11.3 Å². The number of carbonyl (C=O) groups is 2. The van der Waals surface area contributed by atoms with E-state index in [1.165, 1.54) is 13.1 Å². The third kappa shape index (κ3) is 4.33. The highest BCUT2D eigenvalue weighted by Crippen LogP contribution is 2.24. The smallest absolute Gasteiger partial charge is 0.342 e. The number of carbonyl (C=O) groups excluding carboxylic acids is 2. The van der Waals surface area contributed by atoms with Crippen molar-refractivity contribution in [3.63, 3.8) is 0 Å². The Kier molecular flexibility index (Phi) is 5.51. The predicted octanol–water partition coefficient (Wildman–Crippen LogP) is 3.27. The zero-order valence-corrected chi connectivity index (χ0v) is 14.9. The van der Waals surface area contributed by atoms with Crippen LogP contribution in [0.15, 0.2) is 60.8 Å². The zero-order valence-electron chi connectivity index (χ0n) is 14.9. The van der Waals surface area contributed by atoms with E-state index in [2.05, 4.69) is 15.5 Å². The summed E-state index contributed by atoms with van der Waals surface area (Å²) >= 11 is 0. The number of ether oxygens (including phenoxy) is 2. The van der Waals surface area contributed by atoms with E-state index < -0.39 is 18.0 Å². The van der Waals surface area contributed by atoms with Gasteiger partial charge in [0, 0.05) is 11.3 Å². The number of methoxy groups -OCH3 is 1. The summed E-state index contributed by atoms with van der Waals surface area (Å²) < 4.78 is 10.4. The van der Waals surface area contributed by atoms with Gasteiger partial charge in [0.05, 0.1) is 19.0 Å². The summed E-state index contributed by atoms with van der Waals surface area (Å²) in [6.45, 7) is 1.52. The highest BCUT2D eigenvalue weighted by atomic mass is 16.5. The number of hydrogen-bond acceptors (Lipinski definition) is 5. The van der Waals surface area contributed by atoms with Crippen LogP contribution in [0.25, 0.3) is 11.3 Å². The van der Waals surface area contributed by atoms with Crippen LogP contribution in [0.2, 0.25) is 0 Å². The van der Waals surface area contributed by atoms with Crippen LogP contribution >= 0.6 is 0 Å². The first-order valence-electron chi connectivity index (χ1n) is 8.33. The Morgan fingerprint density at radius 1 is 1.07 bits per heavy atom. The minimum Gasteiger partial charge on any atom is -0.497 e. The van der Waals surface area contributed by atoms with Crippen molar-refractivity contribution in [1.82, 2.24) is 10.2 Å². The number of para-hydroxylation sites is 1. The Hall–Kier alpha value is -3.61. The van der Waals surface area contributed by atoms with Gasteiger partial charge in [-0.1, -0.05) is 18.2 Å². The Morgan fingerprint density at radius 3 is 2.44 bits per heavy atom. The fourth-order valence-electron chi connectivity index (χ4n) is 2.46. The van der Waals surface area contributed by atoms with E-state index in [0.717, 1.165) is 5.56 Å². The number of H-pyrrole nitrogens is 1. The van der Waals surface area contributed by atoms with E-state index in [4.69, 9.17) is 9.47 Å². The second-order valence-corrected chi connectivity index (χ2v) is 5.79. The number of amides is 1. The molecule has 2 N–H and O–H groups in total. The molecule has 2 aromatic carbocycles. The Balaban J connectivity index is 1.69. The van der Waals surface area contributed by atoms with E-state index in [9.17, 15) is 9.59 Å². The summed E-state index contributed by atoms with van der Waals surface area (Å²) in [5.74, 6) is -0.345. The van der Waals surface area contributed by atoms with Crippen molar-refractivity contribution in [3.05, 3.63) is 66.4 Å². The first-order chi connectivity index (χ1) is 13.1. The summed E-state index contributed by atoms with van der Waals surface area (Å²) in [5.41, 5.74) is 2.15. The predicted molar refractivity (Wildman–Crippen MR) is 101 cm³/mol. The molecule has 7 heteroatoms. The van der Waals surface area contributed by atoms with Crippen molar-refractivity contribution in [2.24, 2.45) is 0 Å². The fraction of sp³-hybridized carbons (Fsp3) is 0.150. The molecule has 1 amide bonds. The number of esters is 1. The lowest BCUT2D eigenvalue weighted by Gasteiger charge is -2.13. The number of nitrogens with zero attached hydrogens (tertiary/aromatic N) is 1. The molecular formula is C20H19N3O4. The average molecular weight is 365 g/mol. The van der Waals surface area contributed by atoms with E-state index in [0.29, 0.717) is 17.1 Å². The van der Waals surface area contributed by atoms with Gasteiger partial charge in [0.2, 0.25) is 0 Å². The van der Waals surface area contributed by atoms with Gasteiger partial charge in [0.15, 0.2) is 6.10 Å². The Bertz CT molecular complexity index is 920. The lowest BCUT2D eigenvalue weighted by atomic mass is 10.1. The summed E-state index contributed by atoms with van der Waals surface area (Å²) in [6, 6.07) is 16.1. The molecule has 0 unspecified atom stereocenters. The summed E-state index contributed by atoms with van der Waals surface area (Å²) in [4.78, 5) is 24.7. The number of rotatable bonds is 6. The zero-order chi connectivity index (χ0) is 19.2. The number of aromatic nitrogens is 2. The highest BCUT2D eigenvalue weighted by molar-refractivity contribution is 5.99. The number of hydrogen-bond donors (Lipinski definition) is 2. The summed E-state index contributed by atoms with van der Waals surface area (Å²) in [6.07, 6.45) is 0.417. The van der Waals surface area contributed by atoms with Crippen LogP contribution in [0.3, 0.4) is 0 Å². The quantitative estimate of drug-likeness (QED) is 0.654. The van der Waals surface area contributed by atoms with Crippen LogP contribution in [0.5, 0.6) is 5.75 Å². The van der Waals surface area contributed by atoms with Gasteiger partial charge in [-0.2, -0.15) is 5.10 Å². The van der Waals surface area contributed by atoms with Crippen molar-refractivity contribution < 1.29 is 19.1 Å². The molecule has 0 radical (unpaired) electrons. The highest BCUT2D eigenvalue weighted by Gasteiger charge is 2.22. The van der Waals surface area contributed by atoms with Crippen molar-refractivity contribution in [2.45, 2.75) is 13.0 Å². The molecule has 138 valence electrons. The number of anilines is 1. The molecule has 0 saturated heterocycles. The van der Waals surface area contributed by atoms with E-state index in [1.54, 1.807) is 55.6 Å². The average Bonchev–Trinajstić information content (AvgIpc) is 3.18. The number of benzene rings is 2. The lowest BCUT2D eigenvalue weighted by molar-refractivity contribution is -0.123. The monoisotopic (exact) mass is 365 g/mol. The molecule has 0 aliphatic carbocycles. The third-order valence-electron chi connectivity index (χ3n) is 3.93. The van der Waals surface area contributed by atoms with Crippen molar-refractivity contribution in [1.29, 1.82) is 0 Å². The first kappa shape index (κ1) is 18.2. The molecule has 0 bridgehead atoms. The van der Waals surface area contributed by atoms with Gasteiger partial charge < -0.3 is 14.8 Å². The van der Waals surface area contributed by atoms with E-state index >= 15 is 0 Å². The van der Waals surface area contributed by atoms with E-state index in [1.807, 2.05) is 6.07 Å². The van der Waals surface area contributed by atoms with Crippen LogP contribution in [0, 0.1) is 0 Å². The molecule has 1 heterocycles. The second kappa shape index (κ2) is 8.18. The van der Waals surface area contributed by atoms with E-state index in [-0.39, 0.29) is 5.56 Å². The van der Waals surface area contributed by atoms with Gasteiger partial charge in [-0.15, -0.1) is 0 Å². The molecule has 1 atom stereocenters. The molecular weight excluding hydrogens is 346 g/mol. The van der Waals surface area contributed by atoms with Gasteiger partial charge in [-0.25, -0.2) is 4.79 Å². The fourth-order valence-corrected chi connectivity index (χ4v) is 2.46. The lowest BCUT2D eigenvalue weighted by Crippen LogP contribution is -2.30. The maximum atomic E-state index is 12.5. The second-order valence-electron chi connectivity index (χ2n) is 5.79. The van der Waals surface area contributed by atoms with Gasteiger partial charge in [0.25, 0.3) is 5.91 Å². The van der Waals surface area contributed by atoms with Gasteiger partial charge in [-0.3, -0.25) is 9.89 Å². The van der Waals surface area contributed by atoms with Crippen molar-refractivity contribution in [3.8, 4) is 17.0 Å². The Labute approximate surface area is 156 Å². The summed E-state index contributed by atoms with van der Waals surface area (Å²) in [5, 5.41) is 9.41.